The van der Waals surface area contributed by atoms with Gasteiger partial charge in [-0.3, -0.25) is 14.4 Å². The van der Waals surface area contributed by atoms with E-state index in [4.69, 9.17) is 5.11 Å². The van der Waals surface area contributed by atoms with Crippen molar-refractivity contribution in [1.82, 2.24) is 25.2 Å². The molecule has 102 valence electrons. The molecule has 0 aromatic carbocycles. The van der Waals surface area contributed by atoms with Crippen molar-refractivity contribution < 1.29 is 19.5 Å². The highest BCUT2D eigenvalue weighted by atomic mass is 16.4. The van der Waals surface area contributed by atoms with E-state index >= 15 is 0 Å². The molecule has 1 aromatic rings. The average molecular weight is 267 g/mol. The van der Waals surface area contributed by atoms with Crippen LogP contribution in [0.25, 0.3) is 0 Å². The molecule has 1 fully saturated rings. The second kappa shape index (κ2) is 5.46. The zero-order valence-electron chi connectivity index (χ0n) is 10.0. The van der Waals surface area contributed by atoms with Crippen LogP contribution in [-0.2, 0) is 20.9 Å². The Hall–Kier alpha value is -2.45. The first-order valence-electron chi connectivity index (χ1n) is 5.71. The first-order chi connectivity index (χ1) is 9.08. The molecule has 1 aromatic heterocycles. The molecule has 1 aliphatic rings. The number of rotatable bonds is 4. The molecule has 1 atom stereocenters. The summed E-state index contributed by atoms with van der Waals surface area (Å²) in [7, 11) is 0. The lowest BCUT2D eigenvalue weighted by Crippen LogP contribution is -2.58. The Labute approximate surface area is 108 Å². The van der Waals surface area contributed by atoms with Crippen LogP contribution in [0, 0.1) is 0 Å². The molecule has 2 heterocycles. The third kappa shape index (κ3) is 3.06. The maximum absolute atomic E-state index is 12.1. The average Bonchev–Trinajstić information content (AvgIpc) is 2.84. The van der Waals surface area contributed by atoms with E-state index in [1.807, 2.05) is 0 Å². The van der Waals surface area contributed by atoms with Crippen LogP contribution >= 0.6 is 0 Å². The molecule has 0 aliphatic carbocycles. The summed E-state index contributed by atoms with van der Waals surface area (Å²) >= 11 is 0. The van der Waals surface area contributed by atoms with Crippen molar-refractivity contribution in [3.05, 3.63) is 12.4 Å². The summed E-state index contributed by atoms with van der Waals surface area (Å²) < 4.78 is 1.33. The van der Waals surface area contributed by atoms with Crippen molar-refractivity contribution in [1.29, 1.82) is 0 Å². The molecule has 0 bridgehead atoms. The van der Waals surface area contributed by atoms with Crippen LogP contribution in [0.1, 0.15) is 6.42 Å². The Balaban J connectivity index is 2.08. The molecular formula is C10H13N5O4. The number of nitrogens with one attached hydrogen (secondary N) is 1. The lowest BCUT2D eigenvalue weighted by Gasteiger charge is -2.34. The van der Waals surface area contributed by atoms with Gasteiger partial charge in [0.15, 0.2) is 0 Å². The fraction of sp³-hybridized carbons (Fsp3) is 0.500. The molecule has 2 amide bonds. The minimum atomic E-state index is -1.12. The number of carbonyl (C=O) groups is 3. The summed E-state index contributed by atoms with van der Waals surface area (Å²) in [6, 6.07) is -0.970. The Morgan fingerprint density at radius 1 is 1.53 bits per heavy atom. The third-order valence-corrected chi connectivity index (χ3v) is 2.79. The smallest absolute Gasteiger partial charge is 0.305 e. The van der Waals surface area contributed by atoms with Crippen molar-refractivity contribution in [2.24, 2.45) is 0 Å². The molecule has 1 aliphatic heterocycles. The maximum Gasteiger partial charge on any atom is 0.305 e. The molecule has 1 unspecified atom stereocenters. The van der Waals surface area contributed by atoms with Crippen LogP contribution in [0.5, 0.6) is 0 Å². The fourth-order valence-electron chi connectivity index (χ4n) is 1.93. The number of carboxylic acid groups (broad SMARTS) is 1. The number of aromatic nitrogens is 3. The van der Waals surface area contributed by atoms with Crippen LogP contribution in [-0.4, -0.2) is 61.9 Å². The second-order valence-corrected chi connectivity index (χ2v) is 4.09. The van der Waals surface area contributed by atoms with Crippen molar-refractivity contribution in [3.63, 3.8) is 0 Å². The summed E-state index contributed by atoms with van der Waals surface area (Å²) in [4.78, 5) is 35.7. The Bertz CT molecular complexity index is 486. The van der Waals surface area contributed by atoms with E-state index in [0.717, 1.165) is 0 Å². The lowest BCUT2D eigenvalue weighted by atomic mass is 10.1. The molecule has 0 radical (unpaired) electrons. The van der Waals surface area contributed by atoms with Gasteiger partial charge in [0.1, 0.15) is 12.6 Å². The quantitative estimate of drug-likeness (QED) is 0.656. The predicted molar refractivity (Wildman–Crippen MR) is 60.8 cm³/mol. The molecule has 0 saturated carbocycles. The summed E-state index contributed by atoms with van der Waals surface area (Å²) in [5, 5.41) is 18.6. The SMILES string of the molecule is O=C(O)CC1C(=O)NCCN1C(=O)Cn1ccnn1. The van der Waals surface area contributed by atoms with Gasteiger partial charge in [-0.2, -0.15) is 0 Å². The van der Waals surface area contributed by atoms with Crippen LogP contribution in [0.3, 0.4) is 0 Å². The minimum absolute atomic E-state index is 0.0661. The standard InChI is InChI=1S/C10H13N5O4/c16-8(6-14-3-2-12-13-14)15-4-1-11-10(19)7(15)5-9(17)18/h2-3,7H,1,4-6H2,(H,11,19)(H,17,18). The van der Waals surface area contributed by atoms with Crippen molar-refractivity contribution in [2.75, 3.05) is 13.1 Å². The van der Waals surface area contributed by atoms with Crippen LogP contribution in [0.15, 0.2) is 12.4 Å². The van der Waals surface area contributed by atoms with Crippen LogP contribution < -0.4 is 5.32 Å². The first-order valence-corrected chi connectivity index (χ1v) is 5.71. The van der Waals surface area contributed by atoms with E-state index in [-0.39, 0.29) is 19.0 Å². The monoisotopic (exact) mass is 267 g/mol. The molecule has 9 heteroatoms. The summed E-state index contributed by atoms with van der Waals surface area (Å²) in [6.07, 6.45) is 2.55. The van der Waals surface area contributed by atoms with E-state index in [1.54, 1.807) is 0 Å². The zero-order valence-corrected chi connectivity index (χ0v) is 10.0. The van der Waals surface area contributed by atoms with Crippen LogP contribution in [0.2, 0.25) is 0 Å². The van der Waals surface area contributed by atoms with Gasteiger partial charge < -0.3 is 15.3 Å². The Morgan fingerprint density at radius 2 is 2.32 bits per heavy atom. The Morgan fingerprint density at radius 3 is 2.95 bits per heavy atom. The zero-order chi connectivity index (χ0) is 13.8. The summed E-state index contributed by atoms with van der Waals surface area (Å²) in [6.45, 7) is 0.540. The highest BCUT2D eigenvalue weighted by molar-refractivity contribution is 5.91. The number of amides is 2. The van der Waals surface area contributed by atoms with Crippen molar-refractivity contribution >= 4 is 17.8 Å². The molecule has 0 spiro atoms. The van der Waals surface area contributed by atoms with E-state index < -0.39 is 24.3 Å². The van der Waals surface area contributed by atoms with Gasteiger partial charge in [-0.25, -0.2) is 4.68 Å². The molecule has 9 nitrogen and oxygen atoms in total. The molecule has 2 N–H and O–H groups in total. The number of hydrogen-bond acceptors (Lipinski definition) is 5. The van der Waals surface area contributed by atoms with E-state index in [9.17, 15) is 14.4 Å². The number of hydrogen-bond donors (Lipinski definition) is 2. The first kappa shape index (κ1) is 13.0. The van der Waals surface area contributed by atoms with Gasteiger partial charge >= 0.3 is 5.97 Å². The summed E-state index contributed by atoms with van der Waals surface area (Å²) in [5.74, 6) is -1.92. The lowest BCUT2D eigenvalue weighted by molar-refractivity contribution is -0.149. The van der Waals surface area contributed by atoms with Gasteiger partial charge in [0, 0.05) is 19.3 Å². The second-order valence-electron chi connectivity index (χ2n) is 4.09. The number of carbonyl (C=O) groups excluding carboxylic acids is 2. The van der Waals surface area contributed by atoms with Gasteiger partial charge in [-0.15, -0.1) is 5.10 Å². The van der Waals surface area contributed by atoms with E-state index in [0.29, 0.717) is 6.54 Å². The largest absolute Gasteiger partial charge is 0.481 e. The van der Waals surface area contributed by atoms with E-state index in [2.05, 4.69) is 15.6 Å². The normalized spacial score (nSPS) is 19.1. The number of aliphatic carboxylic acids is 1. The number of nitrogens with zero attached hydrogens (tertiary/aromatic N) is 4. The fourth-order valence-corrected chi connectivity index (χ4v) is 1.93. The van der Waals surface area contributed by atoms with Gasteiger partial charge in [0.05, 0.1) is 12.6 Å². The highest BCUT2D eigenvalue weighted by Gasteiger charge is 2.34. The minimum Gasteiger partial charge on any atom is -0.481 e. The van der Waals surface area contributed by atoms with Gasteiger partial charge in [0.25, 0.3) is 0 Å². The predicted octanol–water partition coefficient (Wildman–Crippen LogP) is -1.92. The number of piperazine rings is 1. The van der Waals surface area contributed by atoms with Crippen LogP contribution in [0.4, 0.5) is 0 Å². The molecule has 19 heavy (non-hydrogen) atoms. The number of carboxylic acids is 1. The third-order valence-electron chi connectivity index (χ3n) is 2.79. The van der Waals surface area contributed by atoms with Crippen molar-refractivity contribution in [3.8, 4) is 0 Å². The van der Waals surface area contributed by atoms with E-state index in [1.165, 1.54) is 22.0 Å². The van der Waals surface area contributed by atoms with Gasteiger partial charge in [-0.05, 0) is 0 Å². The topological polar surface area (TPSA) is 117 Å². The Kier molecular flexibility index (Phi) is 3.74. The van der Waals surface area contributed by atoms with Gasteiger partial charge in [-0.1, -0.05) is 5.21 Å². The molecular weight excluding hydrogens is 254 g/mol. The molecule has 1 saturated heterocycles. The van der Waals surface area contributed by atoms with Gasteiger partial charge in [0.2, 0.25) is 11.8 Å². The maximum atomic E-state index is 12.1. The summed E-state index contributed by atoms with van der Waals surface area (Å²) in [5.41, 5.74) is 0. The highest BCUT2D eigenvalue weighted by Crippen LogP contribution is 2.10. The van der Waals surface area contributed by atoms with Crippen molar-refractivity contribution in [2.45, 2.75) is 19.0 Å². The molecule has 2 rings (SSSR count).